The molecule has 5 rings (SSSR count). The van der Waals surface area contributed by atoms with E-state index in [1.54, 1.807) is 24.3 Å². The molecule has 210 valence electrons. The van der Waals surface area contributed by atoms with Crippen molar-refractivity contribution in [3.8, 4) is 11.1 Å². The second kappa shape index (κ2) is 12.6. The molecule has 0 atom stereocenters. The van der Waals surface area contributed by atoms with Gasteiger partial charge in [0.05, 0.1) is 26.4 Å². The summed E-state index contributed by atoms with van der Waals surface area (Å²) in [5.41, 5.74) is 2.57. The van der Waals surface area contributed by atoms with Crippen molar-refractivity contribution in [3.63, 3.8) is 0 Å². The third-order valence-corrected chi connectivity index (χ3v) is 7.65. The minimum Gasteiger partial charge on any atom is -0.411 e. The summed E-state index contributed by atoms with van der Waals surface area (Å²) in [4.78, 5) is 43.9. The van der Waals surface area contributed by atoms with E-state index in [-0.39, 0.29) is 41.2 Å². The molecule has 0 aromatic heterocycles. The minimum absolute atomic E-state index is 0.0233. The number of nitrogens with zero attached hydrogens (tertiary/aromatic N) is 4. The van der Waals surface area contributed by atoms with E-state index in [2.05, 4.69) is 20.1 Å². The maximum Gasteiger partial charge on any atom is 0.210 e. The van der Waals surface area contributed by atoms with Crippen LogP contribution in [0, 0.1) is 0 Å². The van der Waals surface area contributed by atoms with Gasteiger partial charge in [-0.3, -0.25) is 24.2 Å². The normalized spacial score (nSPS) is 18.4. The van der Waals surface area contributed by atoms with Gasteiger partial charge in [0.15, 0.2) is 5.78 Å². The van der Waals surface area contributed by atoms with E-state index in [1.165, 1.54) is 12.1 Å². The molecule has 2 saturated heterocycles. The number of carbonyl (C=O) groups is 3. The quantitative estimate of drug-likeness (QED) is 0.169. The van der Waals surface area contributed by atoms with Crippen molar-refractivity contribution in [1.29, 1.82) is 0 Å². The Morgan fingerprint density at radius 3 is 1.45 bits per heavy atom. The monoisotopic (exact) mass is 548 g/mol. The maximum absolute atomic E-state index is 13.4. The van der Waals surface area contributed by atoms with Crippen LogP contribution >= 0.6 is 0 Å². The lowest BCUT2D eigenvalue weighted by atomic mass is 9.97. The molecular formula is C29H32N4O7. The van der Waals surface area contributed by atoms with Crippen LogP contribution in [0.5, 0.6) is 0 Å². The Kier molecular flexibility index (Phi) is 8.75. The predicted octanol–water partition coefficient (Wildman–Crippen LogP) is 2.37. The van der Waals surface area contributed by atoms with Crippen molar-refractivity contribution in [2.45, 2.75) is 12.8 Å². The van der Waals surface area contributed by atoms with Crippen molar-refractivity contribution >= 4 is 28.8 Å². The summed E-state index contributed by atoms with van der Waals surface area (Å²) < 4.78 is 10.7. The van der Waals surface area contributed by atoms with Gasteiger partial charge in [0, 0.05) is 74.4 Å². The molecule has 2 fully saturated rings. The average Bonchev–Trinajstić information content (AvgIpc) is 3.29. The summed E-state index contributed by atoms with van der Waals surface area (Å²) in [7, 11) is 0. The lowest BCUT2D eigenvalue weighted by Gasteiger charge is -2.26. The molecule has 2 aromatic carbocycles. The zero-order valence-electron chi connectivity index (χ0n) is 22.2. The highest BCUT2D eigenvalue weighted by molar-refractivity contribution is 6.47. The van der Waals surface area contributed by atoms with E-state index in [0.29, 0.717) is 61.8 Å². The molecule has 0 bridgehead atoms. The standard InChI is InChI=1S/C29H32N4O7/c34-27(25(30-37)5-7-32-9-13-39-14-10-32)19-1-3-21-22-4-2-20(18-24(22)29(36)23(21)17-19)28(35)26(31-38)6-8-33-11-15-40-16-12-33/h1-4,17-18,37-38H,5-16H2/b30-25-,31-26-. The van der Waals surface area contributed by atoms with E-state index in [9.17, 15) is 24.8 Å². The largest absolute Gasteiger partial charge is 0.411 e. The molecule has 2 aliphatic heterocycles. The van der Waals surface area contributed by atoms with Gasteiger partial charge in [-0.1, -0.05) is 34.6 Å². The van der Waals surface area contributed by atoms with E-state index < -0.39 is 11.6 Å². The smallest absolute Gasteiger partial charge is 0.210 e. The number of hydrogen-bond donors (Lipinski definition) is 2. The Morgan fingerprint density at radius 2 is 1.07 bits per heavy atom. The van der Waals surface area contributed by atoms with Crippen LogP contribution in [0.4, 0.5) is 0 Å². The lowest BCUT2D eigenvalue weighted by molar-refractivity contribution is 0.0390. The minimum atomic E-state index is -0.442. The van der Waals surface area contributed by atoms with Crippen LogP contribution < -0.4 is 0 Å². The van der Waals surface area contributed by atoms with E-state index >= 15 is 0 Å². The van der Waals surface area contributed by atoms with Crippen molar-refractivity contribution in [3.05, 3.63) is 58.7 Å². The molecule has 2 N–H and O–H groups in total. The zero-order chi connectivity index (χ0) is 28.1. The highest BCUT2D eigenvalue weighted by Crippen LogP contribution is 2.37. The van der Waals surface area contributed by atoms with Crippen molar-refractivity contribution in [2.24, 2.45) is 10.3 Å². The molecule has 0 saturated carbocycles. The molecule has 2 heterocycles. The number of benzene rings is 2. The molecule has 11 nitrogen and oxygen atoms in total. The summed E-state index contributed by atoms with van der Waals surface area (Å²) in [6.45, 7) is 6.64. The number of ketones is 3. The zero-order valence-corrected chi connectivity index (χ0v) is 22.2. The number of hydrogen-bond acceptors (Lipinski definition) is 11. The van der Waals surface area contributed by atoms with E-state index in [1.807, 2.05) is 0 Å². The predicted molar refractivity (Wildman–Crippen MR) is 146 cm³/mol. The average molecular weight is 549 g/mol. The lowest BCUT2D eigenvalue weighted by Crippen LogP contribution is -2.38. The number of fused-ring (bicyclic) bond motifs is 3. The summed E-state index contributed by atoms with van der Waals surface area (Å²) in [6.07, 6.45) is 0.540. The van der Waals surface area contributed by atoms with Crippen LogP contribution in [0.15, 0.2) is 46.7 Å². The number of oxime groups is 2. The van der Waals surface area contributed by atoms with Gasteiger partial charge in [-0.15, -0.1) is 0 Å². The maximum atomic E-state index is 13.4. The highest BCUT2D eigenvalue weighted by Gasteiger charge is 2.30. The molecule has 0 radical (unpaired) electrons. The van der Waals surface area contributed by atoms with Crippen molar-refractivity contribution in [2.75, 3.05) is 65.7 Å². The Bertz CT molecular complexity index is 1260. The van der Waals surface area contributed by atoms with Crippen LogP contribution in [0.1, 0.15) is 49.5 Å². The molecular weight excluding hydrogens is 516 g/mol. The van der Waals surface area contributed by atoms with Crippen LogP contribution in [-0.2, 0) is 9.47 Å². The van der Waals surface area contributed by atoms with Crippen LogP contribution in [-0.4, -0.2) is 115 Å². The van der Waals surface area contributed by atoms with Crippen molar-refractivity contribution < 1.29 is 34.3 Å². The third kappa shape index (κ3) is 5.87. The fraction of sp³-hybridized carbons (Fsp3) is 0.414. The number of morpholine rings is 2. The molecule has 3 aliphatic rings. The fourth-order valence-corrected chi connectivity index (χ4v) is 5.29. The third-order valence-electron chi connectivity index (χ3n) is 7.65. The highest BCUT2D eigenvalue weighted by atomic mass is 16.5. The van der Waals surface area contributed by atoms with Gasteiger partial charge < -0.3 is 19.9 Å². The van der Waals surface area contributed by atoms with Crippen molar-refractivity contribution in [1.82, 2.24) is 9.80 Å². The fourth-order valence-electron chi connectivity index (χ4n) is 5.29. The number of ether oxygens (including phenoxy) is 2. The molecule has 1 aliphatic carbocycles. The molecule has 0 spiro atoms. The first-order valence-electron chi connectivity index (χ1n) is 13.4. The molecule has 2 aromatic rings. The number of rotatable bonds is 10. The number of carbonyl (C=O) groups excluding carboxylic acids is 3. The molecule has 11 heteroatoms. The first kappa shape index (κ1) is 27.8. The van der Waals surface area contributed by atoms with Gasteiger partial charge in [0.25, 0.3) is 0 Å². The van der Waals surface area contributed by atoms with Gasteiger partial charge in [-0.25, -0.2) is 0 Å². The van der Waals surface area contributed by atoms with Crippen LogP contribution in [0.2, 0.25) is 0 Å². The first-order chi connectivity index (χ1) is 19.5. The Hall–Kier alpha value is -3.77. The molecule has 0 unspecified atom stereocenters. The Morgan fingerprint density at radius 1 is 0.675 bits per heavy atom. The van der Waals surface area contributed by atoms with Gasteiger partial charge in [0.1, 0.15) is 11.4 Å². The number of Topliss-reactive ketones (excluding diaryl/α,β-unsaturated/α-hetero) is 2. The second-order valence-corrected chi connectivity index (χ2v) is 10.0. The molecule has 0 amide bonds. The van der Waals surface area contributed by atoms with Gasteiger partial charge >= 0.3 is 0 Å². The van der Waals surface area contributed by atoms with Gasteiger partial charge in [-0.05, 0) is 23.3 Å². The summed E-state index contributed by atoms with van der Waals surface area (Å²) >= 11 is 0. The van der Waals surface area contributed by atoms with Gasteiger partial charge in [0.2, 0.25) is 11.6 Å². The van der Waals surface area contributed by atoms with Crippen LogP contribution in [0.25, 0.3) is 11.1 Å². The SMILES string of the molecule is O=C(/C(CCN1CCOCC1)=N\O)c1ccc2c(c1)C(=O)c1cc(C(=O)/C(CCN3CCOCC3)=N\O)ccc1-2. The van der Waals surface area contributed by atoms with E-state index in [4.69, 9.17) is 9.47 Å². The van der Waals surface area contributed by atoms with Gasteiger partial charge in [-0.2, -0.15) is 0 Å². The van der Waals surface area contributed by atoms with Crippen LogP contribution in [0.3, 0.4) is 0 Å². The first-order valence-corrected chi connectivity index (χ1v) is 13.4. The summed E-state index contributed by atoms with van der Waals surface area (Å²) in [6, 6.07) is 9.67. The Labute approximate surface area is 231 Å². The summed E-state index contributed by atoms with van der Waals surface area (Å²) in [5.74, 6) is -1.19. The Balaban J connectivity index is 1.29. The van der Waals surface area contributed by atoms with E-state index in [0.717, 1.165) is 26.2 Å². The molecule has 40 heavy (non-hydrogen) atoms. The summed E-state index contributed by atoms with van der Waals surface area (Å²) in [5, 5.41) is 25.5. The topological polar surface area (TPSA) is 141 Å². The second-order valence-electron chi connectivity index (χ2n) is 10.0.